The van der Waals surface area contributed by atoms with E-state index < -0.39 is 0 Å². The maximum atomic E-state index is 12.0. The quantitative estimate of drug-likeness (QED) is 0.772. The van der Waals surface area contributed by atoms with Gasteiger partial charge >= 0.3 is 5.97 Å². The Morgan fingerprint density at radius 3 is 2.70 bits per heavy atom. The minimum absolute atomic E-state index is 0.0617. The van der Waals surface area contributed by atoms with E-state index in [0.29, 0.717) is 5.92 Å². The van der Waals surface area contributed by atoms with E-state index in [0.717, 1.165) is 6.42 Å². The number of carbonyl (C=O) groups excluding carboxylic acids is 1. The molecule has 0 unspecified atom stereocenters. The molecule has 0 saturated carbocycles. The van der Waals surface area contributed by atoms with Crippen LogP contribution in [-0.4, -0.2) is 24.7 Å². The van der Waals surface area contributed by atoms with Crippen LogP contribution in [0.4, 0.5) is 5.69 Å². The average molecular weight is 275 g/mol. The smallest absolute Gasteiger partial charge is 0.328 e. The number of ether oxygens (including phenoxy) is 1. The van der Waals surface area contributed by atoms with E-state index in [1.54, 1.807) is 0 Å². The molecule has 110 valence electrons. The molecule has 0 N–H and O–H groups in total. The Morgan fingerprint density at radius 1 is 1.45 bits per heavy atom. The van der Waals surface area contributed by atoms with Crippen molar-refractivity contribution in [1.82, 2.24) is 0 Å². The van der Waals surface area contributed by atoms with Gasteiger partial charge in [-0.1, -0.05) is 19.1 Å². The fourth-order valence-corrected chi connectivity index (χ4v) is 3.57. The lowest BCUT2D eigenvalue weighted by atomic mass is 9.79. The first-order chi connectivity index (χ1) is 9.27. The highest BCUT2D eigenvalue weighted by molar-refractivity contribution is 5.81. The Kier molecular flexibility index (Phi) is 3.81. The molecule has 1 aromatic rings. The van der Waals surface area contributed by atoms with Crippen LogP contribution < -0.4 is 4.90 Å². The zero-order valence-electron chi connectivity index (χ0n) is 13.4. The van der Waals surface area contributed by atoms with Gasteiger partial charge in [0.2, 0.25) is 0 Å². The molecule has 2 rings (SSSR count). The second-order valence-electron chi connectivity index (χ2n) is 6.55. The van der Waals surface area contributed by atoms with E-state index in [2.05, 4.69) is 50.8 Å². The van der Waals surface area contributed by atoms with Crippen LogP contribution in [0.5, 0.6) is 0 Å². The van der Waals surface area contributed by atoms with Gasteiger partial charge in [-0.05, 0) is 57.2 Å². The first-order valence-corrected chi connectivity index (χ1v) is 7.25. The summed E-state index contributed by atoms with van der Waals surface area (Å²) in [5.74, 6) is 0.321. The second-order valence-corrected chi connectivity index (χ2v) is 6.55. The summed E-state index contributed by atoms with van der Waals surface area (Å²) in [5.41, 5.74) is 3.65. The lowest BCUT2D eigenvalue weighted by molar-refractivity contribution is -0.142. The lowest BCUT2D eigenvalue weighted by Gasteiger charge is -2.49. The number of anilines is 1. The van der Waals surface area contributed by atoms with Crippen molar-refractivity contribution in [2.75, 3.05) is 12.0 Å². The van der Waals surface area contributed by atoms with Gasteiger partial charge in [0.1, 0.15) is 6.04 Å². The summed E-state index contributed by atoms with van der Waals surface area (Å²) in [6.45, 7) is 10.7. The molecule has 0 aliphatic carbocycles. The Labute approximate surface area is 121 Å². The SMILES string of the molecule is COC(=O)[C@@H](C)N1c2cc(C)ccc2[C@@H](C)CC1(C)C. The van der Waals surface area contributed by atoms with Crippen LogP contribution in [0.3, 0.4) is 0 Å². The third kappa shape index (κ3) is 2.41. The Bertz CT molecular complexity index is 522. The fraction of sp³-hybridized carbons (Fsp3) is 0.588. The summed E-state index contributed by atoms with van der Waals surface area (Å²) in [6, 6.07) is 6.26. The van der Waals surface area contributed by atoms with Gasteiger partial charge in [0, 0.05) is 11.2 Å². The van der Waals surface area contributed by atoms with E-state index in [-0.39, 0.29) is 17.6 Å². The maximum Gasteiger partial charge on any atom is 0.328 e. The Morgan fingerprint density at radius 2 is 2.10 bits per heavy atom. The van der Waals surface area contributed by atoms with Crippen molar-refractivity contribution < 1.29 is 9.53 Å². The number of methoxy groups -OCH3 is 1. The number of fused-ring (bicyclic) bond motifs is 1. The zero-order chi connectivity index (χ0) is 15.1. The first kappa shape index (κ1) is 14.9. The predicted molar refractivity (Wildman–Crippen MR) is 82.2 cm³/mol. The van der Waals surface area contributed by atoms with Gasteiger partial charge in [0.25, 0.3) is 0 Å². The van der Waals surface area contributed by atoms with Crippen molar-refractivity contribution in [1.29, 1.82) is 0 Å². The second kappa shape index (κ2) is 5.12. The van der Waals surface area contributed by atoms with E-state index in [1.165, 1.54) is 23.9 Å². The molecule has 0 saturated heterocycles. The fourth-order valence-electron chi connectivity index (χ4n) is 3.57. The molecule has 1 aliphatic heterocycles. The molecule has 0 spiro atoms. The zero-order valence-corrected chi connectivity index (χ0v) is 13.4. The van der Waals surface area contributed by atoms with Crippen molar-refractivity contribution >= 4 is 11.7 Å². The molecule has 0 radical (unpaired) electrons. The summed E-state index contributed by atoms with van der Waals surface area (Å²) in [4.78, 5) is 14.2. The van der Waals surface area contributed by atoms with Crippen molar-refractivity contribution in [3.05, 3.63) is 29.3 Å². The predicted octanol–water partition coefficient (Wildman–Crippen LogP) is 3.65. The Balaban J connectivity index is 2.56. The molecule has 1 aromatic carbocycles. The van der Waals surface area contributed by atoms with Gasteiger partial charge in [-0.3, -0.25) is 0 Å². The number of nitrogens with zero attached hydrogens (tertiary/aromatic N) is 1. The van der Waals surface area contributed by atoms with Crippen LogP contribution in [0, 0.1) is 6.92 Å². The molecule has 0 fully saturated rings. The van der Waals surface area contributed by atoms with Crippen LogP contribution in [0.1, 0.15) is 51.2 Å². The van der Waals surface area contributed by atoms with Crippen molar-refractivity contribution in [2.24, 2.45) is 0 Å². The van der Waals surface area contributed by atoms with Gasteiger partial charge in [0.05, 0.1) is 7.11 Å². The molecule has 1 heterocycles. The lowest BCUT2D eigenvalue weighted by Crippen LogP contribution is -2.55. The number of aryl methyl sites for hydroxylation is 1. The minimum Gasteiger partial charge on any atom is -0.467 e. The molecule has 0 amide bonds. The van der Waals surface area contributed by atoms with E-state index in [1.807, 2.05) is 6.92 Å². The van der Waals surface area contributed by atoms with E-state index in [4.69, 9.17) is 4.74 Å². The van der Waals surface area contributed by atoms with Gasteiger partial charge in [0.15, 0.2) is 0 Å². The van der Waals surface area contributed by atoms with Gasteiger partial charge < -0.3 is 9.64 Å². The Hall–Kier alpha value is -1.51. The van der Waals surface area contributed by atoms with Gasteiger partial charge in [-0.15, -0.1) is 0 Å². The standard InChI is InChI=1S/C17H25NO2/c1-11-7-8-14-12(2)10-17(4,5)18(15(14)9-11)13(3)16(19)20-6/h7-9,12-13H,10H2,1-6H3/t12-,13+/m0/s1. The normalized spacial score (nSPS) is 22.1. The number of rotatable bonds is 2. The molecule has 3 nitrogen and oxygen atoms in total. The minimum atomic E-state index is -0.275. The number of benzene rings is 1. The monoisotopic (exact) mass is 275 g/mol. The number of carbonyl (C=O) groups is 1. The topological polar surface area (TPSA) is 29.5 Å². The summed E-state index contributed by atoms with van der Waals surface area (Å²) in [6.07, 6.45) is 1.03. The molecule has 3 heteroatoms. The number of esters is 1. The van der Waals surface area contributed by atoms with Crippen molar-refractivity contribution in [3.8, 4) is 0 Å². The highest BCUT2D eigenvalue weighted by Gasteiger charge is 2.41. The highest BCUT2D eigenvalue weighted by Crippen LogP contribution is 2.44. The van der Waals surface area contributed by atoms with Gasteiger partial charge in [-0.2, -0.15) is 0 Å². The van der Waals surface area contributed by atoms with Crippen LogP contribution in [0.15, 0.2) is 18.2 Å². The summed E-state index contributed by atoms with van der Waals surface area (Å²) >= 11 is 0. The summed E-state index contributed by atoms with van der Waals surface area (Å²) < 4.78 is 4.95. The summed E-state index contributed by atoms with van der Waals surface area (Å²) in [5, 5.41) is 0. The number of hydrogen-bond acceptors (Lipinski definition) is 3. The number of hydrogen-bond donors (Lipinski definition) is 0. The average Bonchev–Trinajstić information content (AvgIpc) is 2.35. The molecule has 20 heavy (non-hydrogen) atoms. The third-order valence-electron chi connectivity index (χ3n) is 4.36. The van der Waals surface area contributed by atoms with Crippen molar-refractivity contribution in [3.63, 3.8) is 0 Å². The van der Waals surface area contributed by atoms with Crippen LogP contribution in [-0.2, 0) is 9.53 Å². The molecule has 0 bridgehead atoms. The highest BCUT2D eigenvalue weighted by atomic mass is 16.5. The van der Waals surface area contributed by atoms with Crippen LogP contribution in [0.25, 0.3) is 0 Å². The molecular weight excluding hydrogens is 250 g/mol. The molecule has 1 aliphatic rings. The van der Waals surface area contributed by atoms with Crippen LogP contribution in [0.2, 0.25) is 0 Å². The third-order valence-corrected chi connectivity index (χ3v) is 4.36. The van der Waals surface area contributed by atoms with E-state index >= 15 is 0 Å². The molecule has 0 aromatic heterocycles. The maximum absolute atomic E-state index is 12.0. The summed E-state index contributed by atoms with van der Waals surface area (Å²) in [7, 11) is 1.45. The molecule has 2 atom stereocenters. The van der Waals surface area contributed by atoms with Gasteiger partial charge in [-0.25, -0.2) is 4.79 Å². The van der Waals surface area contributed by atoms with Crippen molar-refractivity contribution in [2.45, 2.75) is 58.5 Å². The van der Waals surface area contributed by atoms with Crippen LogP contribution >= 0.6 is 0 Å². The largest absolute Gasteiger partial charge is 0.467 e. The first-order valence-electron chi connectivity index (χ1n) is 7.25. The van der Waals surface area contributed by atoms with E-state index in [9.17, 15) is 4.79 Å². The molecular formula is C17H25NO2.